The zero-order chi connectivity index (χ0) is 28.9. The number of carbonyl (C=O) groups is 2. The van der Waals surface area contributed by atoms with Crippen molar-refractivity contribution in [3.63, 3.8) is 0 Å². The SMILES string of the molecule is C=CC(=O)Nc1cc2c(Nc3ccc(OC4CCN(C(=O)Nc5c(F)cccc5F)CC4)c(C)c3)ncnc2cn1. The average Bonchev–Trinajstić information content (AvgIpc) is 2.97. The van der Waals surface area contributed by atoms with E-state index in [1.165, 1.54) is 17.3 Å². The summed E-state index contributed by atoms with van der Waals surface area (Å²) in [5, 5.41) is 8.92. The number of fused-ring (bicyclic) bond motifs is 1. The summed E-state index contributed by atoms with van der Waals surface area (Å²) in [6.45, 7) is 6.14. The van der Waals surface area contributed by atoms with Gasteiger partial charge >= 0.3 is 6.03 Å². The van der Waals surface area contributed by atoms with E-state index < -0.39 is 23.4 Å². The normalized spacial score (nSPS) is 13.5. The van der Waals surface area contributed by atoms with Gasteiger partial charge in [-0.15, -0.1) is 0 Å². The summed E-state index contributed by atoms with van der Waals surface area (Å²) in [5.74, 6) is -0.420. The van der Waals surface area contributed by atoms with Crippen LogP contribution >= 0.6 is 0 Å². The first kappa shape index (κ1) is 27.4. The molecule has 210 valence electrons. The molecular formula is C29H27F2N7O3. The van der Waals surface area contributed by atoms with Crippen molar-refractivity contribution in [3.8, 4) is 5.75 Å². The second kappa shape index (κ2) is 11.9. The van der Waals surface area contributed by atoms with Gasteiger partial charge in [-0.3, -0.25) is 4.79 Å². The number of anilines is 4. The molecule has 1 fully saturated rings. The van der Waals surface area contributed by atoms with Gasteiger partial charge in [-0.05, 0) is 55.0 Å². The molecule has 0 unspecified atom stereocenters. The topological polar surface area (TPSA) is 121 Å². The molecule has 5 rings (SSSR count). The third-order valence-electron chi connectivity index (χ3n) is 6.61. The second-order valence-electron chi connectivity index (χ2n) is 9.44. The molecule has 41 heavy (non-hydrogen) atoms. The number of aryl methyl sites for hydroxylation is 1. The lowest BCUT2D eigenvalue weighted by Gasteiger charge is -2.32. The predicted octanol–water partition coefficient (Wildman–Crippen LogP) is 5.55. The fourth-order valence-corrected chi connectivity index (χ4v) is 4.46. The van der Waals surface area contributed by atoms with Crippen molar-refractivity contribution < 1.29 is 23.1 Å². The van der Waals surface area contributed by atoms with Gasteiger partial charge in [-0.1, -0.05) is 12.6 Å². The van der Waals surface area contributed by atoms with Gasteiger partial charge in [-0.2, -0.15) is 0 Å². The third kappa shape index (κ3) is 6.38. The summed E-state index contributed by atoms with van der Waals surface area (Å²) in [6.07, 6.45) is 5.16. The molecule has 0 radical (unpaired) electrons. The number of rotatable bonds is 7. The molecule has 1 aliphatic rings. The molecule has 2 aromatic carbocycles. The lowest BCUT2D eigenvalue weighted by atomic mass is 10.1. The fraction of sp³-hybridized carbons (Fsp3) is 0.207. The van der Waals surface area contributed by atoms with Crippen molar-refractivity contribution in [2.75, 3.05) is 29.0 Å². The van der Waals surface area contributed by atoms with Crippen molar-refractivity contribution in [1.82, 2.24) is 19.9 Å². The van der Waals surface area contributed by atoms with Gasteiger partial charge in [0.25, 0.3) is 0 Å². The minimum atomic E-state index is -0.823. The van der Waals surface area contributed by atoms with Crippen LogP contribution in [0.5, 0.6) is 5.75 Å². The van der Waals surface area contributed by atoms with Gasteiger partial charge in [0.15, 0.2) is 0 Å². The van der Waals surface area contributed by atoms with E-state index in [2.05, 4.69) is 37.5 Å². The quantitative estimate of drug-likeness (QED) is 0.254. The zero-order valence-electron chi connectivity index (χ0n) is 22.2. The van der Waals surface area contributed by atoms with E-state index in [4.69, 9.17) is 4.74 Å². The molecule has 0 atom stereocenters. The van der Waals surface area contributed by atoms with Gasteiger partial charge < -0.3 is 25.6 Å². The molecule has 3 N–H and O–H groups in total. The molecule has 1 saturated heterocycles. The lowest BCUT2D eigenvalue weighted by Crippen LogP contribution is -2.44. The molecule has 10 nitrogen and oxygen atoms in total. The van der Waals surface area contributed by atoms with Crippen LogP contribution in [0.4, 0.5) is 36.6 Å². The van der Waals surface area contributed by atoms with Crippen molar-refractivity contribution in [2.24, 2.45) is 0 Å². The largest absolute Gasteiger partial charge is 0.490 e. The molecule has 2 aromatic heterocycles. The summed E-state index contributed by atoms with van der Waals surface area (Å²) in [5.41, 5.74) is 1.82. The van der Waals surface area contributed by atoms with Crippen molar-refractivity contribution in [1.29, 1.82) is 0 Å². The zero-order valence-corrected chi connectivity index (χ0v) is 22.2. The number of hydrogen-bond acceptors (Lipinski definition) is 7. The smallest absolute Gasteiger partial charge is 0.322 e. The lowest BCUT2D eigenvalue weighted by molar-refractivity contribution is -0.111. The minimum Gasteiger partial charge on any atom is -0.490 e. The summed E-state index contributed by atoms with van der Waals surface area (Å²) < 4.78 is 34.0. The second-order valence-corrected chi connectivity index (χ2v) is 9.44. The number of ether oxygens (including phenoxy) is 1. The van der Waals surface area contributed by atoms with Gasteiger partial charge in [0, 0.05) is 37.0 Å². The maximum absolute atomic E-state index is 13.9. The number of amides is 3. The Morgan fingerprint density at radius 2 is 1.80 bits per heavy atom. The van der Waals surface area contributed by atoms with Crippen molar-refractivity contribution in [3.05, 3.63) is 84.8 Å². The summed E-state index contributed by atoms with van der Waals surface area (Å²) in [6, 6.07) is 10.2. The van der Waals surface area contributed by atoms with E-state index in [1.807, 2.05) is 25.1 Å². The number of aromatic nitrogens is 3. The molecule has 1 aliphatic heterocycles. The van der Waals surface area contributed by atoms with Crippen LogP contribution in [0.25, 0.3) is 10.9 Å². The summed E-state index contributed by atoms with van der Waals surface area (Å²) in [4.78, 5) is 38.5. The Hall–Kier alpha value is -5.13. The molecule has 4 aromatic rings. The summed E-state index contributed by atoms with van der Waals surface area (Å²) >= 11 is 0. The fourth-order valence-electron chi connectivity index (χ4n) is 4.46. The Balaban J connectivity index is 1.20. The van der Waals surface area contributed by atoms with E-state index in [9.17, 15) is 18.4 Å². The standard InChI is InChI=1S/C29H27F2N7O3/c1-3-26(39)36-25-14-20-23(15-32-25)33-16-34-28(20)35-18-7-8-24(17(2)13-18)41-19-9-11-38(12-10-19)29(40)37-27-21(30)5-4-6-22(27)31/h3-8,13-16,19H,1,9-12H2,2H3,(H,37,40)(H,32,36,39)(H,33,34,35). The Bertz CT molecular complexity index is 1600. The number of nitrogens with zero attached hydrogens (tertiary/aromatic N) is 4. The number of piperidine rings is 1. The Kier molecular flexibility index (Phi) is 7.99. The number of benzene rings is 2. The van der Waals surface area contributed by atoms with Crippen LogP contribution in [0.2, 0.25) is 0 Å². The van der Waals surface area contributed by atoms with Crippen molar-refractivity contribution in [2.45, 2.75) is 25.9 Å². The molecule has 0 saturated carbocycles. The minimum absolute atomic E-state index is 0.121. The first-order valence-electron chi connectivity index (χ1n) is 12.9. The van der Waals surface area contributed by atoms with E-state index in [0.717, 1.165) is 29.5 Å². The highest BCUT2D eigenvalue weighted by Crippen LogP contribution is 2.29. The Morgan fingerprint density at radius 1 is 1.05 bits per heavy atom. The van der Waals surface area contributed by atoms with Gasteiger partial charge in [-0.25, -0.2) is 28.5 Å². The van der Waals surface area contributed by atoms with Crippen molar-refractivity contribution >= 4 is 45.9 Å². The van der Waals surface area contributed by atoms with Crippen LogP contribution in [0.1, 0.15) is 18.4 Å². The number of carbonyl (C=O) groups excluding carboxylic acids is 2. The molecule has 0 spiro atoms. The number of nitrogens with one attached hydrogen (secondary N) is 3. The predicted molar refractivity (Wildman–Crippen MR) is 151 cm³/mol. The number of halogens is 2. The first-order valence-corrected chi connectivity index (χ1v) is 12.9. The van der Waals surface area contributed by atoms with Crippen LogP contribution in [0.3, 0.4) is 0 Å². The van der Waals surface area contributed by atoms with Crippen LogP contribution in [0.15, 0.2) is 67.6 Å². The Labute approximate surface area is 234 Å². The van der Waals surface area contributed by atoms with E-state index in [0.29, 0.717) is 54.2 Å². The van der Waals surface area contributed by atoms with Crippen LogP contribution in [-0.2, 0) is 4.79 Å². The molecule has 3 amide bonds. The van der Waals surface area contributed by atoms with E-state index >= 15 is 0 Å². The van der Waals surface area contributed by atoms with E-state index in [-0.39, 0.29) is 12.0 Å². The number of para-hydroxylation sites is 1. The van der Waals surface area contributed by atoms with Gasteiger partial charge in [0.1, 0.15) is 47.1 Å². The monoisotopic (exact) mass is 559 g/mol. The maximum Gasteiger partial charge on any atom is 0.322 e. The molecular weight excluding hydrogens is 532 g/mol. The molecule has 0 aliphatic carbocycles. The van der Waals surface area contributed by atoms with Crippen LogP contribution in [0, 0.1) is 18.6 Å². The Morgan fingerprint density at radius 3 is 2.51 bits per heavy atom. The van der Waals surface area contributed by atoms with E-state index in [1.54, 1.807) is 12.3 Å². The molecule has 12 heteroatoms. The average molecular weight is 560 g/mol. The number of pyridine rings is 1. The maximum atomic E-state index is 13.9. The van der Waals surface area contributed by atoms with Crippen LogP contribution < -0.4 is 20.7 Å². The third-order valence-corrected chi connectivity index (χ3v) is 6.61. The van der Waals surface area contributed by atoms with Gasteiger partial charge in [0.05, 0.1) is 11.7 Å². The van der Waals surface area contributed by atoms with Crippen LogP contribution in [-0.4, -0.2) is 51.0 Å². The number of hydrogen-bond donors (Lipinski definition) is 3. The molecule has 0 bridgehead atoms. The highest BCUT2D eigenvalue weighted by Gasteiger charge is 2.25. The highest BCUT2D eigenvalue weighted by atomic mass is 19.1. The van der Waals surface area contributed by atoms with Gasteiger partial charge in [0.2, 0.25) is 5.91 Å². The number of urea groups is 1. The summed E-state index contributed by atoms with van der Waals surface area (Å²) in [7, 11) is 0. The molecule has 3 heterocycles. The first-order chi connectivity index (χ1) is 19.8. The highest BCUT2D eigenvalue weighted by molar-refractivity contribution is 6.00. The number of likely N-dealkylation sites (tertiary alicyclic amines) is 1.